The van der Waals surface area contributed by atoms with Gasteiger partial charge in [-0.1, -0.05) is 0 Å². The van der Waals surface area contributed by atoms with Gasteiger partial charge >= 0.3 is 0 Å². The number of hydrogen-bond acceptors (Lipinski definition) is 3. The smallest absolute Gasteiger partial charge is 0.0992 e. The highest BCUT2D eigenvalue weighted by atomic mass is 15.1. The van der Waals surface area contributed by atoms with Crippen LogP contribution in [0.3, 0.4) is 0 Å². The first kappa shape index (κ1) is 10.8. The van der Waals surface area contributed by atoms with Crippen LogP contribution in [0.4, 0.5) is 5.69 Å². The van der Waals surface area contributed by atoms with Gasteiger partial charge in [0.05, 0.1) is 17.8 Å². The summed E-state index contributed by atoms with van der Waals surface area (Å²) in [6.45, 7) is 2.17. The molecule has 1 fully saturated rings. The topological polar surface area (TPSA) is 55.7 Å². The van der Waals surface area contributed by atoms with Crippen molar-refractivity contribution in [1.29, 1.82) is 5.26 Å². The Balaban J connectivity index is 2.04. The molecule has 2 aromatic rings. The zero-order chi connectivity index (χ0) is 12.4. The molecule has 1 N–H and O–H groups in total. The molecule has 90 valence electrons. The van der Waals surface area contributed by atoms with Gasteiger partial charge in [-0.15, -0.1) is 0 Å². The lowest BCUT2D eigenvalue weighted by Gasteiger charge is -2.18. The molecule has 2 heterocycles. The molecule has 0 unspecified atom stereocenters. The Bertz CT molecular complexity index is 574. The molecule has 18 heavy (non-hydrogen) atoms. The van der Waals surface area contributed by atoms with E-state index in [1.165, 1.54) is 12.8 Å². The quantitative estimate of drug-likeness (QED) is 0.874. The van der Waals surface area contributed by atoms with Gasteiger partial charge in [0, 0.05) is 30.5 Å². The fourth-order valence-corrected chi connectivity index (χ4v) is 2.41. The summed E-state index contributed by atoms with van der Waals surface area (Å²) in [5, 5.41) is 15.9. The average molecular weight is 238 g/mol. The van der Waals surface area contributed by atoms with E-state index in [1.807, 2.05) is 18.3 Å². The van der Waals surface area contributed by atoms with E-state index >= 15 is 0 Å². The van der Waals surface area contributed by atoms with Gasteiger partial charge in [0.25, 0.3) is 0 Å². The molecule has 0 bridgehead atoms. The summed E-state index contributed by atoms with van der Waals surface area (Å²) < 4.78 is 0. The van der Waals surface area contributed by atoms with Crippen molar-refractivity contribution in [2.75, 3.05) is 18.0 Å². The van der Waals surface area contributed by atoms with Crippen LogP contribution >= 0.6 is 0 Å². The van der Waals surface area contributed by atoms with Gasteiger partial charge in [-0.25, -0.2) is 0 Å². The monoisotopic (exact) mass is 238 g/mol. The van der Waals surface area contributed by atoms with E-state index in [2.05, 4.69) is 27.2 Å². The first-order chi connectivity index (χ1) is 8.86. The molecule has 0 spiro atoms. The Morgan fingerprint density at radius 1 is 1.17 bits per heavy atom. The van der Waals surface area contributed by atoms with Crippen molar-refractivity contribution in [2.45, 2.75) is 12.8 Å². The molecule has 1 aliphatic rings. The summed E-state index contributed by atoms with van der Waals surface area (Å²) in [4.78, 5) is 2.34. The van der Waals surface area contributed by atoms with E-state index in [0.717, 1.165) is 29.9 Å². The lowest BCUT2D eigenvalue weighted by molar-refractivity contribution is 0.949. The van der Waals surface area contributed by atoms with Crippen LogP contribution < -0.4 is 4.90 Å². The Morgan fingerprint density at radius 3 is 2.67 bits per heavy atom. The maximum absolute atomic E-state index is 9.13. The van der Waals surface area contributed by atoms with Gasteiger partial charge in [0.1, 0.15) is 0 Å². The molecule has 0 radical (unpaired) electrons. The standard InChI is InChI=1S/C14H14N4/c15-8-11-5-12(13-9-16-17-10-13)7-14(6-11)18-3-1-2-4-18/h5-7,9-10H,1-4H2,(H,16,17). The van der Waals surface area contributed by atoms with Crippen LogP contribution in [0.25, 0.3) is 11.1 Å². The largest absolute Gasteiger partial charge is 0.371 e. The summed E-state index contributed by atoms with van der Waals surface area (Å²) in [7, 11) is 0. The molecule has 0 atom stereocenters. The van der Waals surface area contributed by atoms with Crippen LogP contribution in [-0.2, 0) is 0 Å². The molecule has 3 rings (SSSR count). The number of H-pyrrole nitrogens is 1. The summed E-state index contributed by atoms with van der Waals surface area (Å²) in [5.41, 5.74) is 3.91. The van der Waals surface area contributed by atoms with Gasteiger partial charge in [-0.3, -0.25) is 5.10 Å². The van der Waals surface area contributed by atoms with E-state index in [4.69, 9.17) is 5.26 Å². The first-order valence-electron chi connectivity index (χ1n) is 6.16. The lowest BCUT2D eigenvalue weighted by Crippen LogP contribution is -2.17. The second-order valence-corrected chi connectivity index (χ2v) is 4.56. The van der Waals surface area contributed by atoms with E-state index in [-0.39, 0.29) is 0 Å². The Hall–Kier alpha value is -2.28. The molecule has 0 saturated carbocycles. The number of nitriles is 1. The summed E-state index contributed by atoms with van der Waals surface area (Å²) in [5.74, 6) is 0. The third-order valence-electron chi connectivity index (χ3n) is 3.35. The van der Waals surface area contributed by atoms with Gasteiger partial charge in [-0.05, 0) is 36.6 Å². The maximum atomic E-state index is 9.13. The molecule has 1 aromatic carbocycles. The maximum Gasteiger partial charge on any atom is 0.0992 e. The van der Waals surface area contributed by atoms with Crippen LogP contribution in [0.2, 0.25) is 0 Å². The second-order valence-electron chi connectivity index (χ2n) is 4.56. The highest BCUT2D eigenvalue weighted by Crippen LogP contribution is 2.28. The summed E-state index contributed by atoms with van der Waals surface area (Å²) >= 11 is 0. The zero-order valence-corrected chi connectivity index (χ0v) is 10.1. The number of nitrogens with zero attached hydrogens (tertiary/aromatic N) is 3. The first-order valence-corrected chi connectivity index (χ1v) is 6.16. The van der Waals surface area contributed by atoms with Crippen molar-refractivity contribution in [2.24, 2.45) is 0 Å². The number of nitrogens with one attached hydrogen (secondary N) is 1. The zero-order valence-electron chi connectivity index (χ0n) is 10.1. The van der Waals surface area contributed by atoms with Crippen molar-refractivity contribution >= 4 is 5.69 Å². The fraction of sp³-hybridized carbons (Fsp3) is 0.286. The molecule has 1 aliphatic heterocycles. The van der Waals surface area contributed by atoms with E-state index in [9.17, 15) is 0 Å². The molecule has 4 heteroatoms. The number of benzene rings is 1. The fourth-order valence-electron chi connectivity index (χ4n) is 2.41. The van der Waals surface area contributed by atoms with Crippen LogP contribution in [0.15, 0.2) is 30.6 Å². The molecule has 0 aliphatic carbocycles. The SMILES string of the molecule is N#Cc1cc(-c2cn[nH]c2)cc(N2CCCC2)c1. The molecule has 4 nitrogen and oxygen atoms in total. The molecule has 0 amide bonds. The number of rotatable bonds is 2. The van der Waals surface area contributed by atoms with E-state index < -0.39 is 0 Å². The van der Waals surface area contributed by atoms with Crippen LogP contribution in [-0.4, -0.2) is 23.3 Å². The minimum atomic E-state index is 0.704. The van der Waals surface area contributed by atoms with Crippen LogP contribution in [0, 0.1) is 11.3 Å². The van der Waals surface area contributed by atoms with Gasteiger partial charge in [0.15, 0.2) is 0 Å². The number of aromatic amines is 1. The predicted octanol–water partition coefficient (Wildman–Crippen LogP) is 2.55. The van der Waals surface area contributed by atoms with Crippen LogP contribution in [0.1, 0.15) is 18.4 Å². The van der Waals surface area contributed by atoms with Crippen molar-refractivity contribution in [3.05, 3.63) is 36.2 Å². The Labute approximate surface area is 106 Å². The molecule has 1 saturated heterocycles. The predicted molar refractivity (Wildman–Crippen MR) is 70.2 cm³/mol. The van der Waals surface area contributed by atoms with Crippen molar-refractivity contribution < 1.29 is 0 Å². The minimum Gasteiger partial charge on any atom is -0.371 e. The van der Waals surface area contributed by atoms with Crippen LogP contribution in [0.5, 0.6) is 0 Å². The normalized spacial score (nSPS) is 14.7. The van der Waals surface area contributed by atoms with Crippen molar-refractivity contribution in [3.63, 3.8) is 0 Å². The van der Waals surface area contributed by atoms with E-state index in [1.54, 1.807) is 6.20 Å². The average Bonchev–Trinajstić information content (AvgIpc) is 3.10. The molecular weight excluding hydrogens is 224 g/mol. The Morgan fingerprint density at radius 2 is 2.00 bits per heavy atom. The highest BCUT2D eigenvalue weighted by molar-refractivity contribution is 5.70. The van der Waals surface area contributed by atoms with Gasteiger partial charge in [0.2, 0.25) is 0 Å². The summed E-state index contributed by atoms with van der Waals surface area (Å²) in [6, 6.07) is 8.25. The number of hydrogen-bond donors (Lipinski definition) is 1. The number of aromatic nitrogens is 2. The van der Waals surface area contributed by atoms with Gasteiger partial charge in [-0.2, -0.15) is 10.4 Å². The highest BCUT2D eigenvalue weighted by Gasteiger charge is 2.14. The third-order valence-corrected chi connectivity index (χ3v) is 3.35. The minimum absolute atomic E-state index is 0.704. The van der Waals surface area contributed by atoms with Crippen molar-refractivity contribution in [1.82, 2.24) is 10.2 Å². The lowest BCUT2D eigenvalue weighted by atomic mass is 10.0. The second kappa shape index (κ2) is 4.53. The third kappa shape index (κ3) is 1.95. The van der Waals surface area contributed by atoms with Crippen molar-refractivity contribution in [3.8, 4) is 17.2 Å². The van der Waals surface area contributed by atoms with Gasteiger partial charge < -0.3 is 4.90 Å². The summed E-state index contributed by atoms with van der Waals surface area (Å²) in [6.07, 6.45) is 6.10. The molecule has 1 aromatic heterocycles. The molecular formula is C14H14N4. The number of anilines is 1. The van der Waals surface area contributed by atoms with E-state index in [0.29, 0.717) is 5.56 Å². The Kier molecular flexibility index (Phi) is 2.73.